The lowest BCUT2D eigenvalue weighted by atomic mass is 9.81. The highest BCUT2D eigenvalue weighted by Gasteiger charge is 2.45. The largest absolute Gasteiger partial charge is 0.444 e. The molecule has 38 heavy (non-hydrogen) atoms. The SMILES string of the molecule is Cn1ncc2cc(C(=N)C3CN(C(=O)NC4CCC5CCCC4N5C(=O)OC(C)(C)C)CCC3=N)ccc21. The molecule has 2 bridgehead atoms. The van der Waals surface area contributed by atoms with Gasteiger partial charge in [-0.15, -0.1) is 0 Å². The highest BCUT2D eigenvalue weighted by molar-refractivity contribution is 6.14. The first-order valence-electron chi connectivity index (χ1n) is 13.7. The Balaban J connectivity index is 1.27. The quantitative estimate of drug-likeness (QED) is 0.520. The van der Waals surface area contributed by atoms with Crippen LogP contribution in [0.2, 0.25) is 0 Å². The average Bonchev–Trinajstić information content (AvgIpc) is 3.24. The van der Waals surface area contributed by atoms with Gasteiger partial charge in [0.25, 0.3) is 0 Å². The van der Waals surface area contributed by atoms with Crippen LogP contribution in [-0.2, 0) is 11.8 Å². The molecule has 5 rings (SSSR count). The van der Waals surface area contributed by atoms with Crippen molar-refractivity contribution in [2.45, 2.75) is 83.0 Å². The number of urea groups is 1. The van der Waals surface area contributed by atoms with Crippen LogP contribution in [0.1, 0.15) is 64.9 Å². The molecule has 3 aliphatic rings. The minimum atomic E-state index is -0.569. The Morgan fingerprint density at radius 2 is 1.95 bits per heavy atom. The van der Waals surface area contributed by atoms with Gasteiger partial charge in [0.15, 0.2) is 0 Å². The molecule has 10 nitrogen and oxygen atoms in total. The third-order valence-corrected chi connectivity index (χ3v) is 8.14. The van der Waals surface area contributed by atoms with Gasteiger partial charge in [-0.25, -0.2) is 9.59 Å². The van der Waals surface area contributed by atoms with Crippen molar-refractivity contribution in [2.24, 2.45) is 13.0 Å². The molecule has 3 fully saturated rings. The normalized spacial score (nSPS) is 25.8. The van der Waals surface area contributed by atoms with Crippen LogP contribution in [0.25, 0.3) is 10.9 Å². The van der Waals surface area contributed by atoms with Crippen LogP contribution >= 0.6 is 0 Å². The Morgan fingerprint density at radius 1 is 1.16 bits per heavy atom. The molecule has 2 aromatic rings. The molecule has 204 valence electrons. The van der Waals surface area contributed by atoms with Crippen molar-refractivity contribution in [1.82, 2.24) is 24.9 Å². The second-order valence-corrected chi connectivity index (χ2v) is 11.9. The molecule has 4 heterocycles. The number of nitrogens with zero attached hydrogens (tertiary/aromatic N) is 4. The molecule has 4 unspecified atom stereocenters. The van der Waals surface area contributed by atoms with Gasteiger partial charge >= 0.3 is 12.1 Å². The number of ether oxygens (including phenoxy) is 1. The molecule has 3 saturated heterocycles. The Kier molecular flexibility index (Phi) is 6.92. The molecule has 0 spiro atoms. The number of benzene rings is 1. The number of nitrogens with one attached hydrogen (secondary N) is 3. The number of aryl methyl sites for hydroxylation is 1. The minimum Gasteiger partial charge on any atom is -0.444 e. The molecule has 3 N–H and O–H groups in total. The number of amides is 3. The van der Waals surface area contributed by atoms with Gasteiger partial charge in [-0.3, -0.25) is 4.68 Å². The van der Waals surface area contributed by atoms with Gasteiger partial charge in [-0.05, 0) is 70.6 Å². The number of fused-ring (bicyclic) bond motifs is 3. The monoisotopic (exact) mass is 521 g/mol. The van der Waals surface area contributed by atoms with E-state index in [2.05, 4.69) is 10.4 Å². The van der Waals surface area contributed by atoms with Gasteiger partial charge < -0.3 is 30.7 Å². The molecule has 0 aliphatic carbocycles. The molecule has 3 aliphatic heterocycles. The summed E-state index contributed by atoms with van der Waals surface area (Å²) in [6.07, 6.45) is 6.44. The first kappa shape index (κ1) is 26.2. The first-order chi connectivity index (χ1) is 18.0. The lowest BCUT2D eigenvalue weighted by Crippen LogP contribution is -2.64. The molecule has 1 aromatic heterocycles. The number of rotatable bonds is 3. The number of hydrogen-bond acceptors (Lipinski definition) is 6. The zero-order valence-electron chi connectivity index (χ0n) is 22.8. The van der Waals surface area contributed by atoms with Crippen LogP contribution in [0.3, 0.4) is 0 Å². The predicted molar refractivity (Wildman–Crippen MR) is 146 cm³/mol. The van der Waals surface area contributed by atoms with Crippen molar-refractivity contribution in [1.29, 1.82) is 10.8 Å². The summed E-state index contributed by atoms with van der Waals surface area (Å²) < 4.78 is 7.51. The number of carbonyl (C=O) groups is 2. The second-order valence-electron chi connectivity index (χ2n) is 11.9. The number of hydrogen-bond donors (Lipinski definition) is 3. The van der Waals surface area contributed by atoms with Crippen molar-refractivity contribution in [2.75, 3.05) is 13.1 Å². The summed E-state index contributed by atoms with van der Waals surface area (Å²) >= 11 is 0. The van der Waals surface area contributed by atoms with Gasteiger partial charge in [0.2, 0.25) is 0 Å². The van der Waals surface area contributed by atoms with Crippen LogP contribution in [0.15, 0.2) is 24.4 Å². The summed E-state index contributed by atoms with van der Waals surface area (Å²) in [5.41, 5.74) is 1.99. The summed E-state index contributed by atoms with van der Waals surface area (Å²) in [6, 6.07) is 5.53. The van der Waals surface area contributed by atoms with Gasteiger partial charge in [-0.1, -0.05) is 6.07 Å². The Hall–Kier alpha value is -3.43. The summed E-state index contributed by atoms with van der Waals surface area (Å²) in [5, 5.41) is 25.9. The Bertz CT molecular complexity index is 1260. The molecular weight excluding hydrogens is 482 g/mol. The fourth-order valence-corrected chi connectivity index (χ4v) is 6.21. The van der Waals surface area contributed by atoms with Crippen LogP contribution in [0.5, 0.6) is 0 Å². The van der Waals surface area contributed by atoms with E-state index in [4.69, 9.17) is 15.6 Å². The molecule has 10 heteroatoms. The summed E-state index contributed by atoms with van der Waals surface area (Å²) in [7, 11) is 1.88. The Labute approximate surface area is 223 Å². The summed E-state index contributed by atoms with van der Waals surface area (Å²) in [5.74, 6) is -0.452. The van der Waals surface area contributed by atoms with Crippen molar-refractivity contribution in [3.8, 4) is 0 Å². The Morgan fingerprint density at radius 3 is 2.71 bits per heavy atom. The summed E-state index contributed by atoms with van der Waals surface area (Å²) in [6.45, 7) is 6.37. The fraction of sp³-hybridized carbons (Fsp3) is 0.607. The second kappa shape index (κ2) is 10.0. The zero-order chi connectivity index (χ0) is 27.2. The number of piperidine rings is 3. The van der Waals surface area contributed by atoms with E-state index in [0.29, 0.717) is 30.9 Å². The van der Waals surface area contributed by atoms with Gasteiger partial charge in [0.1, 0.15) is 5.60 Å². The van der Waals surface area contributed by atoms with E-state index in [0.717, 1.165) is 48.6 Å². The molecule has 4 atom stereocenters. The van der Waals surface area contributed by atoms with Crippen LogP contribution in [0.4, 0.5) is 9.59 Å². The van der Waals surface area contributed by atoms with Crippen LogP contribution < -0.4 is 5.32 Å². The standard InChI is InChI=1S/C28H39N7O3/c1-28(2,3)38-27(37)35-19-6-5-7-24(35)22(10-9-19)32-26(36)34-13-12-21(29)20(16-34)25(30)17-8-11-23-18(14-17)15-31-33(23)4/h8,11,14-15,19-20,22,24,29-30H,5-7,9-10,12-13,16H2,1-4H3,(H,32,36). The lowest BCUT2D eigenvalue weighted by Gasteiger charge is -2.50. The first-order valence-corrected chi connectivity index (χ1v) is 13.7. The van der Waals surface area contributed by atoms with E-state index in [1.165, 1.54) is 0 Å². The molecular formula is C28H39N7O3. The minimum absolute atomic E-state index is 0.0790. The third kappa shape index (κ3) is 5.13. The van der Waals surface area contributed by atoms with E-state index >= 15 is 0 Å². The molecule has 3 amide bonds. The third-order valence-electron chi connectivity index (χ3n) is 8.14. The average molecular weight is 522 g/mol. The maximum Gasteiger partial charge on any atom is 0.410 e. The maximum absolute atomic E-state index is 13.4. The van der Waals surface area contributed by atoms with Crippen molar-refractivity contribution >= 4 is 34.5 Å². The van der Waals surface area contributed by atoms with Gasteiger partial charge in [-0.2, -0.15) is 5.10 Å². The number of carbonyl (C=O) groups excluding carboxylic acids is 2. The van der Waals surface area contributed by atoms with Crippen molar-refractivity contribution < 1.29 is 14.3 Å². The van der Waals surface area contributed by atoms with Crippen molar-refractivity contribution in [3.05, 3.63) is 30.0 Å². The zero-order valence-corrected chi connectivity index (χ0v) is 22.8. The fourth-order valence-electron chi connectivity index (χ4n) is 6.21. The number of likely N-dealkylation sites (tertiary alicyclic amines) is 1. The molecule has 0 saturated carbocycles. The highest BCUT2D eigenvalue weighted by atomic mass is 16.6. The van der Waals surface area contributed by atoms with E-state index in [9.17, 15) is 9.59 Å². The van der Waals surface area contributed by atoms with E-state index in [1.807, 2.05) is 50.9 Å². The van der Waals surface area contributed by atoms with Gasteiger partial charge in [0, 0.05) is 49.4 Å². The lowest BCUT2D eigenvalue weighted by molar-refractivity contribution is -0.0261. The maximum atomic E-state index is 13.4. The highest BCUT2D eigenvalue weighted by Crippen LogP contribution is 2.35. The number of aromatic nitrogens is 2. The topological polar surface area (TPSA) is 127 Å². The van der Waals surface area contributed by atoms with Crippen LogP contribution in [-0.4, -0.2) is 79.9 Å². The van der Waals surface area contributed by atoms with Gasteiger partial charge in [0.05, 0.1) is 29.7 Å². The predicted octanol–water partition coefficient (Wildman–Crippen LogP) is 4.31. The van der Waals surface area contributed by atoms with E-state index in [1.54, 1.807) is 15.8 Å². The smallest absolute Gasteiger partial charge is 0.410 e. The van der Waals surface area contributed by atoms with Crippen LogP contribution in [0, 0.1) is 16.7 Å². The van der Waals surface area contributed by atoms with E-state index < -0.39 is 11.5 Å². The van der Waals surface area contributed by atoms with Crippen molar-refractivity contribution in [3.63, 3.8) is 0 Å². The van der Waals surface area contributed by atoms with E-state index in [-0.39, 0.29) is 30.2 Å². The molecule has 1 aromatic carbocycles. The molecule has 0 radical (unpaired) electrons. The summed E-state index contributed by atoms with van der Waals surface area (Å²) in [4.78, 5) is 30.1.